The summed E-state index contributed by atoms with van der Waals surface area (Å²) in [7, 11) is -3.88. The standard InChI is InChI=1S/C19H23N3O4S/c1-15-7-8-16(2)17(13-15)14-20-9-11-21(12-10-20)27(25,26)19-6-4-3-5-18(19)22(23)24/h3-8,13H,9-12,14H2,1-2H3. The van der Waals surface area contributed by atoms with Crippen LogP contribution in [0, 0.1) is 24.0 Å². The van der Waals surface area contributed by atoms with Crippen LogP contribution in [0.1, 0.15) is 16.7 Å². The van der Waals surface area contributed by atoms with Crippen LogP contribution in [0.3, 0.4) is 0 Å². The minimum atomic E-state index is -3.88. The van der Waals surface area contributed by atoms with Crippen molar-refractivity contribution in [2.75, 3.05) is 26.2 Å². The zero-order chi connectivity index (χ0) is 19.6. The van der Waals surface area contributed by atoms with E-state index in [0.29, 0.717) is 26.2 Å². The third-order valence-corrected chi connectivity index (χ3v) is 6.86. The first-order chi connectivity index (χ1) is 12.8. The summed E-state index contributed by atoms with van der Waals surface area (Å²) < 4.78 is 27.1. The average Bonchev–Trinajstić information content (AvgIpc) is 2.65. The number of nitro benzene ring substituents is 1. The van der Waals surface area contributed by atoms with Crippen LogP contribution in [-0.2, 0) is 16.6 Å². The molecule has 0 spiro atoms. The third kappa shape index (κ3) is 4.18. The largest absolute Gasteiger partial charge is 0.296 e. The van der Waals surface area contributed by atoms with Gasteiger partial charge >= 0.3 is 0 Å². The molecule has 2 aromatic carbocycles. The number of nitrogens with zero attached hydrogens (tertiary/aromatic N) is 3. The predicted molar refractivity (Wildman–Crippen MR) is 103 cm³/mol. The van der Waals surface area contributed by atoms with Crippen molar-refractivity contribution in [3.05, 3.63) is 69.3 Å². The van der Waals surface area contributed by atoms with Crippen LogP contribution >= 0.6 is 0 Å². The van der Waals surface area contributed by atoms with Crippen LogP contribution in [0.25, 0.3) is 0 Å². The van der Waals surface area contributed by atoms with Gasteiger partial charge in [0.25, 0.3) is 5.69 Å². The van der Waals surface area contributed by atoms with E-state index in [4.69, 9.17) is 0 Å². The van der Waals surface area contributed by atoms with Gasteiger partial charge in [0.1, 0.15) is 0 Å². The zero-order valence-corrected chi connectivity index (χ0v) is 16.3. The minimum Gasteiger partial charge on any atom is -0.296 e. The fourth-order valence-electron chi connectivity index (χ4n) is 3.30. The summed E-state index contributed by atoms with van der Waals surface area (Å²) in [6.45, 7) is 6.72. The Morgan fingerprint density at radius 3 is 2.37 bits per heavy atom. The second-order valence-electron chi connectivity index (χ2n) is 6.84. The molecule has 0 aromatic heterocycles. The maximum atomic E-state index is 12.9. The number of para-hydroxylation sites is 1. The van der Waals surface area contributed by atoms with E-state index in [1.54, 1.807) is 0 Å². The van der Waals surface area contributed by atoms with E-state index in [9.17, 15) is 18.5 Å². The third-order valence-electron chi connectivity index (χ3n) is 4.91. The molecule has 8 heteroatoms. The number of sulfonamides is 1. The van der Waals surface area contributed by atoms with Crippen LogP contribution in [0.4, 0.5) is 5.69 Å². The fraction of sp³-hybridized carbons (Fsp3) is 0.368. The number of benzene rings is 2. The highest BCUT2D eigenvalue weighted by molar-refractivity contribution is 7.89. The molecule has 7 nitrogen and oxygen atoms in total. The van der Waals surface area contributed by atoms with Gasteiger partial charge in [0.15, 0.2) is 4.90 Å². The van der Waals surface area contributed by atoms with Gasteiger partial charge in [0.05, 0.1) is 4.92 Å². The van der Waals surface area contributed by atoms with E-state index in [0.717, 1.165) is 6.54 Å². The van der Waals surface area contributed by atoms with Crippen molar-refractivity contribution in [1.29, 1.82) is 0 Å². The van der Waals surface area contributed by atoms with Crippen molar-refractivity contribution in [2.24, 2.45) is 0 Å². The normalized spacial score (nSPS) is 16.4. The molecule has 0 radical (unpaired) electrons. The summed E-state index contributed by atoms with van der Waals surface area (Å²) in [5.41, 5.74) is 3.28. The first-order valence-corrected chi connectivity index (χ1v) is 10.2. The maximum Gasteiger partial charge on any atom is 0.289 e. The van der Waals surface area contributed by atoms with Crippen molar-refractivity contribution in [3.8, 4) is 0 Å². The van der Waals surface area contributed by atoms with Gasteiger partial charge in [-0.3, -0.25) is 15.0 Å². The highest BCUT2D eigenvalue weighted by Crippen LogP contribution is 2.27. The van der Waals surface area contributed by atoms with E-state index >= 15 is 0 Å². The molecular weight excluding hydrogens is 366 g/mol. The van der Waals surface area contributed by atoms with Crippen LogP contribution < -0.4 is 0 Å². The summed E-state index contributed by atoms with van der Waals surface area (Å²) in [5.74, 6) is 0. The monoisotopic (exact) mass is 389 g/mol. The molecule has 2 aromatic rings. The first-order valence-electron chi connectivity index (χ1n) is 8.81. The lowest BCUT2D eigenvalue weighted by molar-refractivity contribution is -0.387. The maximum absolute atomic E-state index is 12.9. The Bertz CT molecular complexity index is 951. The van der Waals surface area contributed by atoms with Gasteiger partial charge < -0.3 is 0 Å². The lowest BCUT2D eigenvalue weighted by Crippen LogP contribution is -2.48. The highest BCUT2D eigenvalue weighted by Gasteiger charge is 2.33. The van der Waals surface area contributed by atoms with Crippen LogP contribution in [-0.4, -0.2) is 48.7 Å². The Balaban J connectivity index is 1.72. The van der Waals surface area contributed by atoms with E-state index < -0.39 is 14.9 Å². The van der Waals surface area contributed by atoms with Crippen molar-refractivity contribution in [1.82, 2.24) is 9.21 Å². The highest BCUT2D eigenvalue weighted by atomic mass is 32.2. The number of rotatable bonds is 5. The fourth-order valence-corrected chi connectivity index (χ4v) is 4.88. The molecule has 1 fully saturated rings. The summed E-state index contributed by atoms with van der Waals surface area (Å²) >= 11 is 0. The van der Waals surface area contributed by atoms with Gasteiger partial charge in [-0.1, -0.05) is 35.9 Å². The second kappa shape index (κ2) is 7.75. The van der Waals surface area contributed by atoms with Gasteiger partial charge in [-0.05, 0) is 31.0 Å². The number of nitro groups is 1. The molecule has 27 heavy (non-hydrogen) atoms. The number of hydrogen-bond donors (Lipinski definition) is 0. The Morgan fingerprint density at radius 1 is 1.04 bits per heavy atom. The van der Waals surface area contributed by atoms with Crippen molar-refractivity contribution >= 4 is 15.7 Å². The van der Waals surface area contributed by atoms with Crippen LogP contribution in [0.15, 0.2) is 47.4 Å². The molecular formula is C19H23N3O4S. The smallest absolute Gasteiger partial charge is 0.289 e. The quantitative estimate of drug-likeness (QED) is 0.580. The molecule has 0 N–H and O–H groups in total. The molecule has 1 saturated heterocycles. The van der Waals surface area contributed by atoms with E-state index in [2.05, 4.69) is 36.9 Å². The summed E-state index contributed by atoms with van der Waals surface area (Å²) in [5, 5.41) is 11.2. The average molecular weight is 389 g/mol. The number of piperazine rings is 1. The van der Waals surface area contributed by atoms with Crippen LogP contribution in [0.2, 0.25) is 0 Å². The Labute approximate surface area is 159 Å². The number of aryl methyl sites for hydroxylation is 2. The van der Waals surface area contributed by atoms with Crippen molar-refractivity contribution < 1.29 is 13.3 Å². The van der Waals surface area contributed by atoms with Crippen molar-refractivity contribution in [3.63, 3.8) is 0 Å². The lowest BCUT2D eigenvalue weighted by atomic mass is 10.1. The molecule has 0 bridgehead atoms. The summed E-state index contributed by atoms with van der Waals surface area (Å²) in [4.78, 5) is 12.5. The topological polar surface area (TPSA) is 83.8 Å². The Hall–Kier alpha value is -2.29. The molecule has 144 valence electrons. The molecule has 0 unspecified atom stereocenters. The van der Waals surface area contributed by atoms with Gasteiger partial charge in [-0.15, -0.1) is 0 Å². The molecule has 0 aliphatic carbocycles. The molecule has 0 saturated carbocycles. The zero-order valence-electron chi connectivity index (χ0n) is 15.5. The van der Waals surface area contributed by atoms with Gasteiger partial charge in [0.2, 0.25) is 10.0 Å². The lowest BCUT2D eigenvalue weighted by Gasteiger charge is -2.34. The molecule has 0 atom stereocenters. The molecule has 3 rings (SSSR count). The molecule has 1 aliphatic rings. The van der Waals surface area contributed by atoms with Gasteiger partial charge in [-0.2, -0.15) is 4.31 Å². The van der Waals surface area contributed by atoms with E-state index in [1.165, 1.54) is 45.3 Å². The molecule has 0 amide bonds. The number of hydrogen-bond acceptors (Lipinski definition) is 5. The van der Waals surface area contributed by atoms with E-state index in [1.807, 2.05) is 0 Å². The van der Waals surface area contributed by atoms with Gasteiger partial charge in [-0.25, -0.2) is 8.42 Å². The first kappa shape index (κ1) is 19.5. The summed E-state index contributed by atoms with van der Waals surface area (Å²) in [6, 6.07) is 11.8. The van der Waals surface area contributed by atoms with E-state index in [-0.39, 0.29) is 10.6 Å². The Kier molecular flexibility index (Phi) is 5.59. The predicted octanol–water partition coefficient (Wildman–Crippen LogP) is 2.72. The Morgan fingerprint density at radius 2 is 1.70 bits per heavy atom. The molecule has 1 heterocycles. The molecule has 1 aliphatic heterocycles. The summed E-state index contributed by atoms with van der Waals surface area (Å²) in [6.07, 6.45) is 0. The second-order valence-corrected chi connectivity index (χ2v) is 8.74. The van der Waals surface area contributed by atoms with Crippen molar-refractivity contribution in [2.45, 2.75) is 25.3 Å². The SMILES string of the molecule is Cc1ccc(C)c(CN2CCN(S(=O)(=O)c3ccccc3[N+](=O)[O-])CC2)c1. The minimum absolute atomic E-state index is 0.238. The van der Waals surface area contributed by atoms with Gasteiger partial charge in [0, 0.05) is 38.8 Å². The van der Waals surface area contributed by atoms with Crippen LogP contribution in [0.5, 0.6) is 0 Å².